The van der Waals surface area contributed by atoms with Crippen molar-refractivity contribution < 1.29 is 9.50 Å². The summed E-state index contributed by atoms with van der Waals surface area (Å²) in [4.78, 5) is 6.15. The SMILES string of the molecule is CN1CC(c2ccc(Cl)cc2F)C(C(O)c2cccnc2)=C1c1cccc(Cl)c1. The van der Waals surface area contributed by atoms with Crippen molar-refractivity contribution in [3.63, 3.8) is 0 Å². The van der Waals surface area contributed by atoms with Gasteiger partial charge in [-0.2, -0.15) is 0 Å². The zero-order chi connectivity index (χ0) is 20.5. The van der Waals surface area contributed by atoms with Crippen LogP contribution in [0.2, 0.25) is 10.0 Å². The Morgan fingerprint density at radius 2 is 1.90 bits per heavy atom. The summed E-state index contributed by atoms with van der Waals surface area (Å²) in [5, 5.41) is 12.2. The van der Waals surface area contributed by atoms with Crippen molar-refractivity contribution in [2.24, 2.45) is 0 Å². The van der Waals surface area contributed by atoms with Gasteiger partial charge in [-0.25, -0.2) is 4.39 Å². The topological polar surface area (TPSA) is 36.4 Å². The predicted octanol–water partition coefficient (Wildman–Crippen LogP) is 5.70. The van der Waals surface area contributed by atoms with Gasteiger partial charge in [0.2, 0.25) is 0 Å². The highest BCUT2D eigenvalue weighted by Gasteiger charge is 2.37. The molecule has 0 radical (unpaired) electrons. The van der Waals surface area contributed by atoms with Crippen LogP contribution < -0.4 is 0 Å². The fourth-order valence-electron chi connectivity index (χ4n) is 3.96. The molecule has 0 saturated carbocycles. The van der Waals surface area contributed by atoms with Crippen molar-refractivity contribution in [3.05, 3.63) is 105 Å². The van der Waals surface area contributed by atoms with E-state index in [0.29, 0.717) is 33.3 Å². The molecule has 0 fully saturated rings. The number of aliphatic hydroxyl groups excluding tert-OH is 1. The number of aliphatic hydroxyl groups is 1. The first-order valence-electron chi connectivity index (χ1n) is 9.19. The van der Waals surface area contributed by atoms with E-state index in [-0.39, 0.29) is 11.7 Å². The molecule has 1 aromatic heterocycles. The molecule has 3 nitrogen and oxygen atoms in total. The Balaban J connectivity index is 1.92. The lowest BCUT2D eigenvalue weighted by Crippen LogP contribution is -2.16. The van der Waals surface area contributed by atoms with Crippen molar-refractivity contribution in [3.8, 4) is 0 Å². The first-order chi connectivity index (χ1) is 14.0. The molecule has 3 aromatic rings. The monoisotopic (exact) mass is 428 g/mol. The highest BCUT2D eigenvalue weighted by atomic mass is 35.5. The molecular weight excluding hydrogens is 410 g/mol. The molecule has 2 unspecified atom stereocenters. The second-order valence-electron chi connectivity index (χ2n) is 7.10. The summed E-state index contributed by atoms with van der Waals surface area (Å²) < 4.78 is 14.8. The normalized spacial score (nSPS) is 17.7. The summed E-state index contributed by atoms with van der Waals surface area (Å²) in [6, 6.07) is 15.7. The maximum Gasteiger partial charge on any atom is 0.128 e. The summed E-state index contributed by atoms with van der Waals surface area (Å²) in [5.74, 6) is -0.736. The van der Waals surface area contributed by atoms with Gasteiger partial charge in [-0.05, 0) is 47.0 Å². The second kappa shape index (κ2) is 8.15. The highest BCUT2D eigenvalue weighted by molar-refractivity contribution is 6.31. The number of aromatic nitrogens is 1. The fourth-order valence-corrected chi connectivity index (χ4v) is 4.31. The van der Waals surface area contributed by atoms with Crippen LogP contribution in [0.1, 0.15) is 28.7 Å². The molecule has 6 heteroatoms. The first kappa shape index (κ1) is 19.9. The summed E-state index contributed by atoms with van der Waals surface area (Å²) in [6.07, 6.45) is 2.34. The number of benzene rings is 2. The van der Waals surface area contributed by atoms with E-state index in [2.05, 4.69) is 4.98 Å². The Morgan fingerprint density at radius 1 is 1.10 bits per heavy atom. The Morgan fingerprint density at radius 3 is 2.59 bits per heavy atom. The molecule has 1 aliphatic rings. The van der Waals surface area contributed by atoms with E-state index in [0.717, 1.165) is 11.3 Å². The molecular formula is C23H19Cl2FN2O. The molecule has 2 atom stereocenters. The zero-order valence-corrected chi connectivity index (χ0v) is 17.2. The van der Waals surface area contributed by atoms with Gasteiger partial charge in [0.25, 0.3) is 0 Å². The molecule has 0 amide bonds. The van der Waals surface area contributed by atoms with Gasteiger partial charge in [-0.15, -0.1) is 0 Å². The standard InChI is InChI=1S/C23H19Cl2FN2O/c1-28-13-19(18-8-7-17(25)11-20(18)26)21(23(29)15-5-3-9-27-12-15)22(28)14-4-2-6-16(24)10-14/h2-12,19,23,29H,13H2,1H3. The van der Waals surface area contributed by atoms with Crippen LogP contribution in [0.15, 0.2) is 72.6 Å². The summed E-state index contributed by atoms with van der Waals surface area (Å²) in [7, 11) is 1.93. The Labute approximate surface area is 179 Å². The van der Waals surface area contributed by atoms with Crippen LogP contribution in [0.3, 0.4) is 0 Å². The lowest BCUT2D eigenvalue weighted by molar-refractivity contribution is 0.209. The molecule has 0 spiro atoms. The molecule has 148 valence electrons. The summed E-state index contributed by atoms with van der Waals surface area (Å²) in [5.41, 5.74) is 3.56. The van der Waals surface area contributed by atoms with Crippen molar-refractivity contribution in [1.82, 2.24) is 9.88 Å². The third-order valence-electron chi connectivity index (χ3n) is 5.22. The summed E-state index contributed by atoms with van der Waals surface area (Å²) >= 11 is 12.2. The number of nitrogens with zero attached hydrogens (tertiary/aromatic N) is 2. The van der Waals surface area contributed by atoms with Gasteiger partial charge in [0.15, 0.2) is 0 Å². The highest BCUT2D eigenvalue weighted by Crippen LogP contribution is 2.46. The zero-order valence-electron chi connectivity index (χ0n) is 15.7. The van der Waals surface area contributed by atoms with E-state index < -0.39 is 6.10 Å². The Kier molecular flexibility index (Phi) is 5.59. The number of rotatable bonds is 4. The van der Waals surface area contributed by atoms with Crippen LogP contribution in [-0.4, -0.2) is 28.6 Å². The van der Waals surface area contributed by atoms with E-state index in [4.69, 9.17) is 23.2 Å². The van der Waals surface area contributed by atoms with Crippen molar-refractivity contribution in [2.45, 2.75) is 12.0 Å². The van der Waals surface area contributed by atoms with Gasteiger partial charge in [0.05, 0.1) is 0 Å². The molecule has 4 rings (SSSR count). The van der Waals surface area contributed by atoms with Crippen LogP contribution in [0, 0.1) is 5.82 Å². The third-order valence-corrected chi connectivity index (χ3v) is 5.69. The Hall–Kier alpha value is -2.40. The van der Waals surface area contributed by atoms with E-state index in [9.17, 15) is 9.50 Å². The van der Waals surface area contributed by atoms with Crippen molar-refractivity contribution >= 4 is 28.9 Å². The van der Waals surface area contributed by atoms with Crippen LogP contribution in [0.4, 0.5) is 4.39 Å². The average molecular weight is 429 g/mol. The molecule has 29 heavy (non-hydrogen) atoms. The molecule has 0 aliphatic carbocycles. The molecule has 0 saturated heterocycles. The molecule has 1 N–H and O–H groups in total. The minimum absolute atomic E-state index is 0.339. The van der Waals surface area contributed by atoms with Crippen LogP contribution in [0.5, 0.6) is 0 Å². The quantitative estimate of drug-likeness (QED) is 0.578. The minimum Gasteiger partial charge on any atom is -0.384 e. The Bertz CT molecular complexity index is 1070. The van der Waals surface area contributed by atoms with Gasteiger partial charge in [-0.3, -0.25) is 4.98 Å². The summed E-state index contributed by atoms with van der Waals surface area (Å²) in [6.45, 7) is 0.521. The van der Waals surface area contributed by atoms with E-state index in [1.807, 2.05) is 36.2 Å². The number of halogens is 3. The number of hydrogen-bond donors (Lipinski definition) is 1. The van der Waals surface area contributed by atoms with Crippen LogP contribution in [-0.2, 0) is 0 Å². The molecule has 0 bridgehead atoms. The van der Waals surface area contributed by atoms with Crippen LogP contribution in [0.25, 0.3) is 5.70 Å². The fraction of sp³-hybridized carbons (Fsp3) is 0.174. The maximum atomic E-state index is 14.8. The van der Waals surface area contributed by atoms with Gasteiger partial charge >= 0.3 is 0 Å². The molecule has 2 aromatic carbocycles. The van der Waals surface area contributed by atoms with E-state index in [1.54, 1.807) is 36.7 Å². The number of hydrogen-bond acceptors (Lipinski definition) is 3. The lowest BCUT2D eigenvalue weighted by atomic mass is 9.85. The minimum atomic E-state index is -0.942. The lowest BCUT2D eigenvalue weighted by Gasteiger charge is -2.21. The average Bonchev–Trinajstić information content (AvgIpc) is 3.05. The maximum absolute atomic E-state index is 14.8. The van der Waals surface area contributed by atoms with Gasteiger partial charge in [0.1, 0.15) is 11.9 Å². The van der Waals surface area contributed by atoms with Gasteiger partial charge in [-0.1, -0.05) is 47.5 Å². The molecule has 2 heterocycles. The smallest absolute Gasteiger partial charge is 0.128 e. The third kappa shape index (κ3) is 3.88. The van der Waals surface area contributed by atoms with Crippen molar-refractivity contribution in [1.29, 1.82) is 0 Å². The van der Waals surface area contributed by atoms with Crippen LogP contribution >= 0.6 is 23.2 Å². The number of likely N-dealkylation sites (N-methyl/N-ethyl adjacent to an activating group) is 1. The van der Waals surface area contributed by atoms with Gasteiger partial charge < -0.3 is 10.0 Å². The number of pyridine rings is 1. The largest absolute Gasteiger partial charge is 0.384 e. The molecule has 1 aliphatic heterocycles. The first-order valence-corrected chi connectivity index (χ1v) is 9.95. The van der Waals surface area contributed by atoms with Crippen molar-refractivity contribution in [2.75, 3.05) is 13.6 Å². The van der Waals surface area contributed by atoms with Gasteiger partial charge in [0, 0.05) is 53.2 Å². The van der Waals surface area contributed by atoms with E-state index in [1.165, 1.54) is 6.07 Å². The predicted molar refractivity (Wildman–Crippen MR) is 114 cm³/mol. The van der Waals surface area contributed by atoms with E-state index >= 15 is 0 Å². The second-order valence-corrected chi connectivity index (χ2v) is 7.98.